The Labute approximate surface area is 244 Å². The molecular weight excluding hydrogens is 540 g/mol. The third kappa shape index (κ3) is 6.84. The zero-order valence-electron chi connectivity index (χ0n) is 24.2. The van der Waals surface area contributed by atoms with E-state index in [-0.39, 0.29) is 17.2 Å². The van der Waals surface area contributed by atoms with Gasteiger partial charge in [-0.05, 0) is 81.1 Å². The van der Waals surface area contributed by atoms with Crippen molar-refractivity contribution in [3.63, 3.8) is 0 Å². The summed E-state index contributed by atoms with van der Waals surface area (Å²) in [7, 11) is 2.58. The molecule has 1 unspecified atom stereocenters. The first kappa shape index (κ1) is 30.8. The minimum atomic E-state index is -1.46. The number of methoxy groups -OCH3 is 1. The fourth-order valence-electron chi connectivity index (χ4n) is 4.98. The summed E-state index contributed by atoms with van der Waals surface area (Å²) in [5.41, 5.74) is 8.15. The molecule has 0 radical (unpaired) electrons. The summed E-state index contributed by atoms with van der Waals surface area (Å²) in [4.78, 5) is 9.07. The van der Waals surface area contributed by atoms with Crippen LogP contribution in [-0.2, 0) is 5.60 Å². The first-order valence-corrected chi connectivity index (χ1v) is 13.6. The van der Waals surface area contributed by atoms with Crippen LogP contribution in [0.4, 0.5) is 8.78 Å². The van der Waals surface area contributed by atoms with E-state index in [1.54, 1.807) is 25.6 Å². The quantitative estimate of drug-likeness (QED) is 0.161. The van der Waals surface area contributed by atoms with E-state index in [0.29, 0.717) is 35.2 Å². The van der Waals surface area contributed by atoms with Crippen molar-refractivity contribution >= 4 is 16.6 Å². The first-order chi connectivity index (χ1) is 20.0. The number of halogens is 2. The number of nitrogens with two attached hydrogens (primary N) is 2. The van der Waals surface area contributed by atoms with Gasteiger partial charge in [-0.2, -0.15) is 0 Å². The van der Waals surface area contributed by atoms with Crippen molar-refractivity contribution in [2.75, 3.05) is 20.8 Å². The van der Waals surface area contributed by atoms with E-state index in [1.165, 1.54) is 43.1 Å². The van der Waals surface area contributed by atoms with Crippen molar-refractivity contribution in [2.24, 2.45) is 17.5 Å². The fourth-order valence-corrected chi connectivity index (χ4v) is 4.98. The molecule has 2 aromatic carbocycles. The molecule has 2 heterocycles. The Morgan fingerprint density at radius 3 is 2.45 bits per heavy atom. The van der Waals surface area contributed by atoms with Crippen LogP contribution in [0.15, 0.2) is 67.0 Å². The largest absolute Gasteiger partial charge is 0.494 e. The summed E-state index contributed by atoms with van der Waals surface area (Å²) in [6.45, 7) is 3.42. The maximum atomic E-state index is 15.6. The highest BCUT2D eigenvalue weighted by molar-refractivity contribution is 5.88. The predicted molar refractivity (Wildman–Crippen MR) is 160 cm³/mol. The van der Waals surface area contributed by atoms with E-state index in [9.17, 15) is 9.50 Å². The Bertz CT molecular complexity index is 1570. The molecule has 1 aliphatic rings. The molecule has 0 bridgehead atoms. The Balaban J connectivity index is 0.00000198. The molecule has 1 saturated carbocycles. The number of aromatic nitrogens is 2. The summed E-state index contributed by atoms with van der Waals surface area (Å²) in [5, 5.41) is 20.2. The topological polar surface area (TPSA) is 131 Å². The van der Waals surface area contributed by atoms with Crippen molar-refractivity contribution in [2.45, 2.75) is 38.2 Å². The second-order valence-electron chi connectivity index (χ2n) is 10.8. The van der Waals surface area contributed by atoms with E-state index in [4.69, 9.17) is 21.4 Å². The molecule has 42 heavy (non-hydrogen) atoms. The lowest BCUT2D eigenvalue weighted by Gasteiger charge is -2.26. The van der Waals surface area contributed by atoms with Crippen LogP contribution in [0.25, 0.3) is 27.9 Å². The van der Waals surface area contributed by atoms with E-state index in [1.807, 2.05) is 24.3 Å². The number of ether oxygens (including phenoxy) is 1. The summed E-state index contributed by atoms with van der Waals surface area (Å²) < 4.78 is 34.7. The number of benzene rings is 2. The molecule has 4 aromatic rings. The van der Waals surface area contributed by atoms with Crippen molar-refractivity contribution in [1.29, 1.82) is 0 Å². The predicted octanol–water partition coefficient (Wildman–Crippen LogP) is 5.05. The highest BCUT2D eigenvalue weighted by atomic mass is 19.1. The number of aliphatic hydroxyl groups excluding tert-OH is 1. The monoisotopic (exact) mass is 577 g/mol. The van der Waals surface area contributed by atoms with Crippen LogP contribution < -0.4 is 16.3 Å². The Hall–Kier alpha value is -4.12. The highest BCUT2D eigenvalue weighted by Crippen LogP contribution is 2.44. The standard InChI is InChI=1S/C31H33F2N5O2.CH4O/c1-31(2,39)24-15-26(37-30(28(24)33)19-8-10-22(32)11-9-19)23(18-6-7-18)16-38(35)17-25(34)21-13-20-5-4-12-36-29(20)27(14-21)40-3;1-2/h4-5,8-15,17-18,23,39H,6-7,16,34-35H2,1-3H3;2H,1H3/b25-17-;. The van der Waals surface area contributed by atoms with Gasteiger partial charge in [0.2, 0.25) is 0 Å². The molecule has 0 amide bonds. The van der Waals surface area contributed by atoms with Crippen LogP contribution in [0.2, 0.25) is 0 Å². The number of rotatable bonds is 9. The molecule has 8 nitrogen and oxygen atoms in total. The van der Waals surface area contributed by atoms with Crippen LogP contribution in [0.5, 0.6) is 5.75 Å². The number of aliphatic hydroxyl groups is 2. The smallest absolute Gasteiger partial charge is 0.155 e. The SMILES string of the molecule is CO.COc1cc(/C(N)=C/N(N)CC(c2cc(C(C)(C)O)c(F)c(-c3ccc(F)cc3)n2)C2CC2)cc2cccnc12. The maximum absolute atomic E-state index is 15.6. The molecule has 5 rings (SSSR count). The molecule has 0 saturated heterocycles. The third-order valence-corrected chi connectivity index (χ3v) is 7.26. The first-order valence-electron chi connectivity index (χ1n) is 13.6. The number of pyridine rings is 2. The summed E-state index contributed by atoms with van der Waals surface area (Å²) in [5.74, 6) is 6.15. The van der Waals surface area contributed by atoms with Crippen molar-refractivity contribution in [3.05, 3.63) is 95.4 Å². The molecule has 1 fully saturated rings. The summed E-state index contributed by atoms with van der Waals surface area (Å²) in [6, 6.07) is 14.6. The van der Waals surface area contributed by atoms with Gasteiger partial charge in [0.1, 0.15) is 22.8 Å². The molecule has 1 aliphatic carbocycles. The van der Waals surface area contributed by atoms with Gasteiger partial charge >= 0.3 is 0 Å². The molecule has 1 atom stereocenters. The van der Waals surface area contributed by atoms with Crippen LogP contribution in [0.1, 0.15) is 49.4 Å². The van der Waals surface area contributed by atoms with E-state index in [0.717, 1.165) is 36.4 Å². The zero-order chi connectivity index (χ0) is 30.6. The third-order valence-electron chi connectivity index (χ3n) is 7.26. The van der Waals surface area contributed by atoms with Gasteiger partial charge < -0.3 is 25.7 Å². The highest BCUT2D eigenvalue weighted by Gasteiger charge is 2.36. The second-order valence-corrected chi connectivity index (χ2v) is 10.8. The second kappa shape index (κ2) is 12.8. The van der Waals surface area contributed by atoms with Crippen LogP contribution in [0.3, 0.4) is 0 Å². The van der Waals surface area contributed by atoms with Crippen molar-refractivity contribution in [3.8, 4) is 17.0 Å². The van der Waals surface area contributed by atoms with Gasteiger partial charge in [0, 0.05) is 59.7 Å². The zero-order valence-corrected chi connectivity index (χ0v) is 24.2. The average Bonchev–Trinajstić information content (AvgIpc) is 3.82. The molecule has 0 aliphatic heterocycles. The van der Waals surface area contributed by atoms with Gasteiger partial charge in [0.05, 0.1) is 18.4 Å². The fraction of sp³-hybridized carbons (Fsp3) is 0.312. The Morgan fingerprint density at radius 1 is 1.14 bits per heavy atom. The molecule has 2 aromatic heterocycles. The number of hydrogen-bond acceptors (Lipinski definition) is 8. The lowest BCUT2D eigenvalue weighted by molar-refractivity contribution is 0.0743. The van der Waals surface area contributed by atoms with Crippen molar-refractivity contribution in [1.82, 2.24) is 15.0 Å². The van der Waals surface area contributed by atoms with Gasteiger partial charge in [-0.3, -0.25) is 4.98 Å². The number of fused-ring (bicyclic) bond motifs is 1. The molecule has 10 heteroatoms. The number of nitrogens with zero attached hydrogens (tertiary/aromatic N) is 3. The molecule has 222 valence electrons. The van der Waals surface area contributed by atoms with Gasteiger partial charge in [-0.1, -0.05) is 6.07 Å². The van der Waals surface area contributed by atoms with Crippen LogP contribution >= 0.6 is 0 Å². The van der Waals surface area contributed by atoms with Gasteiger partial charge in [-0.15, -0.1) is 0 Å². The van der Waals surface area contributed by atoms with Gasteiger partial charge in [-0.25, -0.2) is 19.6 Å². The molecular formula is C32H37F2N5O3. The minimum absolute atomic E-state index is 0.0655. The lowest BCUT2D eigenvalue weighted by Crippen LogP contribution is -2.32. The van der Waals surface area contributed by atoms with E-state index >= 15 is 4.39 Å². The average molecular weight is 578 g/mol. The number of hydrazine groups is 1. The van der Waals surface area contributed by atoms with E-state index in [2.05, 4.69) is 9.97 Å². The van der Waals surface area contributed by atoms with E-state index < -0.39 is 17.2 Å². The normalized spacial score (nSPS) is 14.3. The van der Waals surface area contributed by atoms with Gasteiger partial charge in [0.25, 0.3) is 0 Å². The lowest BCUT2D eigenvalue weighted by atomic mass is 9.90. The number of hydrogen-bond donors (Lipinski definition) is 4. The summed E-state index contributed by atoms with van der Waals surface area (Å²) >= 11 is 0. The van der Waals surface area contributed by atoms with Crippen molar-refractivity contribution < 1.29 is 23.7 Å². The van der Waals surface area contributed by atoms with Crippen LogP contribution in [0, 0.1) is 17.6 Å². The van der Waals surface area contributed by atoms with Gasteiger partial charge in [0.15, 0.2) is 5.82 Å². The Morgan fingerprint density at radius 2 is 1.83 bits per heavy atom. The summed E-state index contributed by atoms with van der Waals surface area (Å²) in [6.07, 6.45) is 5.33. The Kier molecular flexibility index (Phi) is 9.40. The molecule has 0 spiro atoms. The minimum Gasteiger partial charge on any atom is -0.494 e. The molecule has 6 N–H and O–H groups in total. The van der Waals surface area contributed by atoms with Crippen LogP contribution in [-0.4, -0.2) is 46.0 Å². The maximum Gasteiger partial charge on any atom is 0.155 e.